The maximum absolute atomic E-state index is 9.81. The second kappa shape index (κ2) is 7.55. The Labute approximate surface area is 178 Å². The molecule has 0 saturated heterocycles. The number of aromatic amines is 1. The Bertz CT molecular complexity index is 1390. The van der Waals surface area contributed by atoms with Gasteiger partial charge in [-0.15, -0.1) is 11.3 Å². The number of pyridine rings is 1. The Morgan fingerprint density at radius 2 is 2.00 bits per heavy atom. The van der Waals surface area contributed by atoms with Gasteiger partial charge in [0, 0.05) is 27.7 Å². The van der Waals surface area contributed by atoms with E-state index in [1.807, 2.05) is 51.1 Å². The van der Waals surface area contributed by atoms with Gasteiger partial charge in [0.2, 0.25) is 5.88 Å². The largest absolute Gasteiger partial charge is 0.481 e. The summed E-state index contributed by atoms with van der Waals surface area (Å²) in [5.41, 5.74) is 5.68. The quantitative estimate of drug-likeness (QED) is 0.461. The number of rotatable bonds is 4. The fraction of sp³-hybridized carbons (Fsp3) is 0.174. The minimum atomic E-state index is 0.522. The number of ether oxygens (including phenoxy) is 1. The second-order valence-electron chi connectivity index (χ2n) is 7.02. The highest BCUT2D eigenvalue weighted by Crippen LogP contribution is 2.32. The molecule has 0 amide bonds. The number of hydrogen-bond donors (Lipinski definition) is 1. The summed E-state index contributed by atoms with van der Waals surface area (Å²) in [4.78, 5) is 8.55. The van der Waals surface area contributed by atoms with Gasteiger partial charge in [0.25, 0.3) is 0 Å². The number of H-pyrrole nitrogens is 1. The molecule has 4 rings (SSSR count). The predicted molar refractivity (Wildman–Crippen MR) is 119 cm³/mol. The summed E-state index contributed by atoms with van der Waals surface area (Å²) in [6.07, 6.45) is 3.57. The number of aryl methyl sites for hydroxylation is 2. The van der Waals surface area contributed by atoms with Crippen LogP contribution in [0, 0.1) is 43.4 Å². The Morgan fingerprint density at radius 1 is 1.20 bits per heavy atom. The second-order valence-corrected chi connectivity index (χ2v) is 8.25. The lowest BCUT2D eigenvalue weighted by atomic mass is 10.1. The first-order valence-corrected chi connectivity index (χ1v) is 10.1. The summed E-state index contributed by atoms with van der Waals surface area (Å²) in [6, 6.07) is 12.3. The topological polar surface area (TPSA) is 90.4 Å². The van der Waals surface area contributed by atoms with Crippen molar-refractivity contribution in [2.45, 2.75) is 20.8 Å². The molecule has 0 aliphatic carbocycles. The molecule has 0 bridgehead atoms. The van der Waals surface area contributed by atoms with Crippen molar-refractivity contribution in [1.82, 2.24) is 14.5 Å². The van der Waals surface area contributed by atoms with Crippen LogP contribution in [0.25, 0.3) is 27.6 Å². The molecule has 6 nitrogen and oxygen atoms in total. The molecule has 0 spiro atoms. The van der Waals surface area contributed by atoms with Gasteiger partial charge in [-0.2, -0.15) is 10.5 Å². The highest BCUT2D eigenvalue weighted by Gasteiger charge is 2.16. The first kappa shape index (κ1) is 19.5. The number of nitriles is 2. The van der Waals surface area contributed by atoms with Gasteiger partial charge in [-0.3, -0.25) is 0 Å². The highest BCUT2D eigenvalue weighted by molar-refractivity contribution is 7.14. The van der Waals surface area contributed by atoms with Crippen LogP contribution < -0.4 is 4.74 Å². The SMILES string of the molecule is COc1cc2cc(C(C#N)=Cc3cc(C)n(-c4sc(C)cc4C#N)c3C)[nH]c2cn1. The van der Waals surface area contributed by atoms with Crippen LogP contribution in [0.4, 0.5) is 0 Å². The molecule has 0 aliphatic heterocycles. The van der Waals surface area contributed by atoms with Gasteiger partial charge in [-0.25, -0.2) is 4.98 Å². The van der Waals surface area contributed by atoms with Crippen LogP contribution in [0.1, 0.15) is 33.1 Å². The summed E-state index contributed by atoms with van der Waals surface area (Å²) >= 11 is 1.59. The van der Waals surface area contributed by atoms with Crippen molar-refractivity contribution in [1.29, 1.82) is 10.5 Å². The zero-order valence-corrected chi connectivity index (χ0v) is 17.9. The summed E-state index contributed by atoms with van der Waals surface area (Å²) in [7, 11) is 1.57. The summed E-state index contributed by atoms with van der Waals surface area (Å²) in [5, 5.41) is 21.1. The third-order valence-electron chi connectivity index (χ3n) is 5.03. The molecule has 4 aromatic heterocycles. The van der Waals surface area contributed by atoms with E-state index >= 15 is 0 Å². The lowest BCUT2D eigenvalue weighted by molar-refractivity contribution is 0.399. The molecule has 4 heterocycles. The van der Waals surface area contributed by atoms with Crippen molar-refractivity contribution in [3.63, 3.8) is 0 Å². The molecule has 0 saturated carbocycles. The lowest BCUT2D eigenvalue weighted by Gasteiger charge is -2.07. The van der Waals surface area contributed by atoms with Crippen molar-refractivity contribution >= 4 is 33.9 Å². The van der Waals surface area contributed by atoms with Gasteiger partial charge in [-0.05, 0) is 50.6 Å². The molecule has 1 N–H and O–H groups in total. The van der Waals surface area contributed by atoms with E-state index in [4.69, 9.17) is 4.74 Å². The molecular formula is C23H19N5OS. The maximum atomic E-state index is 9.81. The number of nitrogens with zero attached hydrogens (tertiary/aromatic N) is 4. The molecule has 0 fully saturated rings. The first-order chi connectivity index (χ1) is 14.4. The fourth-order valence-electron chi connectivity index (χ4n) is 3.59. The van der Waals surface area contributed by atoms with Crippen LogP contribution in [0.2, 0.25) is 0 Å². The van der Waals surface area contributed by atoms with Crippen molar-refractivity contribution < 1.29 is 4.74 Å². The third-order valence-corrected chi connectivity index (χ3v) is 6.06. The zero-order chi connectivity index (χ0) is 21.4. The van der Waals surface area contributed by atoms with E-state index in [2.05, 4.69) is 26.7 Å². The lowest BCUT2D eigenvalue weighted by Crippen LogP contribution is -1.98. The molecule has 7 heteroatoms. The van der Waals surface area contributed by atoms with Gasteiger partial charge in [0.1, 0.15) is 17.1 Å². The highest BCUT2D eigenvalue weighted by atomic mass is 32.1. The van der Waals surface area contributed by atoms with Crippen molar-refractivity contribution in [3.8, 4) is 23.0 Å². The van der Waals surface area contributed by atoms with Crippen LogP contribution in [-0.4, -0.2) is 21.6 Å². The van der Waals surface area contributed by atoms with Gasteiger partial charge in [-0.1, -0.05) is 0 Å². The minimum absolute atomic E-state index is 0.522. The molecule has 0 unspecified atom stereocenters. The third kappa shape index (κ3) is 3.26. The molecule has 0 radical (unpaired) electrons. The Hall–Kier alpha value is -3.81. The van der Waals surface area contributed by atoms with Crippen molar-refractivity contribution in [3.05, 3.63) is 63.5 Å². The molecule has 0 atom stereocenters. The predicted octanol–water partition coefficient (Wildman–Crippen LogP) is 5.28. The average molecular weight is 414 g/mol. The van der Waals surface area contributed by atoms with Gasteiger partial charge in [0.15, 0.2) is 0 Å². The number of nitrogens with one attached hydrogen (secondary N) is 1. The van der Waals surface area contributed by atoms with E-state index in [0.29, 0.717) is 17.0 Å². The zero-order valence-electron chi connectivity index (χ0n) is 17.1. The number of hydrogen-bond acceptors (Lipinski definition) is 5. The molecule has 4 aromatic rings. The van der Waals surface area contributed by atoms with Gasteiger partial charge in [0.05, 0.1) is 35.7 Å². The van der Waals surface area contributed by atoms with Crippen LogP contribution in [0.15, 0.2) is 30.5 Å². The number of fused-ring (bicyclic) bond motifs is 1. The Balaban J connectivity index is 1.81. The molecule has 30 heavy (non-hydrogen) atoms. The van der Waals surface area contributed by atoms with E-state index in [1.54, 1.807) is 24.6 Å². The van der Waals surface area contributed by atoms with Crippen molar-refractivity contribution in [2.24, 2.45) is 0 Å². The summed E-state index contributed by atoms with van der Waals surface area (Å²) < 4.78 is 7.26. The number of thiophene rings is 1. The standard InChI is InChI=1S/C23H19N5OS/c1-13-5-16(15(3)28(13)23-19(11-25)6-14(2)30-23)7-18(10-24)20-8-17-9-22(29-4)26-12-21(17)27-20/h5-9,12,27H,1-4H3. The van der Waals surface area contributed by atoms with Crippen LogP contribution in [-0.2, 0) is 0 Å². The Kier molecular flexibility index (Phi) is 4.91. The summed E-state index contributed by atoms with van der Waals surface area (Å²) in [6.45, 7) is 6.01. The smallest absolute Gasteiger partial charge is 0.213 e. The summed E-state index contributed by atoms with van der Waals surface area (Å²) in [5.74, 6) is 0.527. The van der Waals surface area contributed by atoms with Crippen LogP contribution in [0.5, 0.6) is 5.88 Å². The number of methoxy groups -OCH3 is 1. The van der Waals surface area contributed by atoms with Gasteiger partial charge < -0.3 is 14.3 Å². The van der Waals surface area contributed by atoms with E-state index in [9.17, 15) is 10.5 Å². The monoisotopic (exact) mass is 413 g/mol. The van der Waals surface area contributed by atoms with E-state index in [-0.39, 0.29) is 0 Å². The number of aromatic nitrogens is 3. The van der Waals surface area contributed by atoms with E-state index < -0.39 is 0 Å². The Morgan fingerprint density at radius 3 is 2.70 bits per heavy atom. The van der Waals surface area contributed by atoms with E-state index in [1.165, 1.54) is 0 Å². The van der Waals surface area contributed by atoms with Crippen molar-refractivity contribution in [2.75, 3.05) is 7.11 Å². The molecular weight excluding hydrogens is 394 g/mol. The van der Waals surface area contributed by atoms with E-state index in [0.717, 1.165) is 43.4 Å². The average Bonchev–Trinajstić information content (AvgIpc) is 3.40. The minimum Gasteiger partial charge on any atom is -0.481 e. The van der Waals surface area contributed by atoms with Crippen LogP contribution >= 0.6 is 11.3 Å². The van der Waals surface area contributed by atoms with Crippen LogP contribution in [0.3, 0.4) is 0 Å². The van der Waals surface area contributed by atoms with Gasteiger partial charge >= 0.3 is 0 Å². The molecule has 0 aliphatic rings. The normalized spacial score (nSPS) is 11.5. The number of allylic oxidation sites excluding steroid dienone is 1. The maximum Gasteiger partial charge on any atom is 0.213 e. The first-order valence-electron chi connectivity index (χ1n) is 9.30. The molecule has 0 aromatic carbocycles. The fourth-order valence-corrected chi connectivity index (χ4v) is 4.66. The molecule has 148 valence electrons.